The Kier molecular flexibility index (Phi) is 2.20. The molecule has 0 saturated carbocycles. The highest BCUT2D eigenvalue weighted by molar-refractivity contribution is 6.33. The van der Waals surface area contributed by atoms with Gasteiger partial charge in [-0.3, -0.25) is 0 Å². The predicted molar refractivity (Wildman–Crippen MR) is 57.8 cm³/mol. The molecular formula is C11H14ClN. The maximum atomic E-state index is 6.20. The molecule has 1 heterocycles. The summed E-state index contributed by atoms with van der Waals surface area (Å²) < 4.78 is 0. The minimum absolute atomic E-state index is 0.900. The Hall–Kier alpha value is -0.690. The van der Waals surface area contributed by atoms with E-state index >= 15 is 0 Å². The Labute approximate surface area is 84.3 Å². The van der Waals surface area contributed by atoms with E-state index in [1.54, 1.807) is 0 Å². The summed E-state index contributed by atoms with van der Waals surface area (Å²) >= 11 is 6.20. The fourth-order valence-corrected chi connectivity index (χ4v) is 2.48. The quantitative estimate of drug-likeness (QED) is 0.615. The topological polar surface area (TPSA) is 3.24 Å². The van der Waals surface area contributed by atoms with Crippen molar-refractivity contribution in [3.8, 4) is 0 Å². The Morgan fingerprint density at radius 1 is 1.38 bits per heavy atom. The molecule has 1 aliphatic heterocycles. The summed E-state index contributed by atoms with van der Waals surface area (Å²) in [5.41, 5.74) is 3.90. The molecule has 70 valence electrons. The number of benzene rings is 1. The molecule has 0 aromatic heterocycles. The number of aryl methyl sites for hydroxylation is 2. The van der Waals surface area contributed by atoms with Crippen LogP contribution in [0.1, 0.15) is 17.5 Å². The lowest BCUT2D eigenvalue weighted by Crippen LogP contribution is -2.25. The summed E-state index contributed by atoms with van der Waals surface area (Å²) in [6, 6.07) is 4.29. The van der Waals surface area contributed by atoms with Gasteiger partial charge >= 0.3 is 0 Å². The van der Waals surface area contributed by atoms with Gasteiger partial charge in [0.15, 0.2) is 0 Å². The zero-order valence-electron chi connectivity index (χ0n) is 8.10. The van der Waals surface area contributed by atoms with Crippen LogP contribution in [-0.4, -0.2) is 13.6 Å². The first-order chi connectivity index (χ1) is 6.18. The number of anilines is 1. The van der Waals surface area contributed by atoms with Gasteiger partial charge in [-0.25, -0.2) is 0 Å². The van der Waals surface area contributed by atoms with Crippen molar-refractivity contribution in [3.05, 3.63) is 28.3 Å². The first-order valence-corrected chi connectivity index (χ1v) is 5.06. The van der Waals surface area contributed by atoms with Crippen LogP contribution in [0.15, 0.2) is 12.1 Å². The summed E-state index contributed by atoms with van der Waals surface area (Å²) in [7, 11) is 2.11. The summed E-state index contributed by atoms with van der Waals surface area (Å²) in [5, 5.41) is 0.900. The molecular weight excluding hydrogens is 182 g/mol. The molecule has 1 aromatic carbocycles. The molecule has 0 aliphatic carbocycles. The fraction of sp³-hybridized carbons (Fsp3) is 0.455. The van der Waals surface area contributed by atoms with Crippen LogP contribution in [0.2, 0.25) is 5.02 Å². The maximum absolute atomic E-state index is 6.20. The second-order valence-electron chi connectivity index (χ2n) is 3.78. The van der Waals surface area contributed by atoms with Crippen molar-refractivity contribution in [1.82, 2.24) is 0 Å². The minimum atomic E-state index is 0.900. The standard InChI is InChI=1S/C11H14ClN/c1-8-6-9-4-3-5-13(2)11(9)10(12)7-8/h6-7H,3-5H2,1-2H3. The van der Waals surface area contributed by atoms with Crippen molar-refractivity contribution in [2.75, 3.05) is 18.5 Å². The maximum Gasteiger partial charge on any atom is 0.0644 e. The third-order valence-corrected chi connectivity index (χ3v) is 2.90. The number of fused-ring (bicyclic) bond motifs is 1. The molecule has 0 spiro atoms. The molecule has 0 bridgehead atoms. The van der Waals surface area contributed by atoms with Gasteiger partial charge in [-0.1, -0.05) is 17.7 Å². The number of halogens is 1. The van der Waals surface area contributed by atoms with E-state index in [-0.39, 0.29) is 0 Å². The Morgan fingerprint density at radius 2 is 2.15 bits per heavy atom. The smallest absolute Gasteiger partial charge is 0.0644 e. The average molecular weight is 196 g/mol. The SMILES string of the molecule is Cc1cc(Cl)c2c(c1)CCCN2C. The Bertz CT molecular complexity index is 333. The molecule has 0 unspecified atom stereocenters. The Balaban J connectivity index is 2.56. The predicted octanol–water partition coefficient (Wildman–Crippen LogP) is 3.03. The van der Waals surface area contributed by atoms with Crippen LogP contribution in [0.4, 0.5) is 5.69 Å². The average Bonchev–Trinajstić information content (AvgIpc) is 2.02. The monoisotopic (exact) mass is 195 g/mol. The van der Waals surface area contributed by atoms with Gasteiger partial charge in [0, 0.05) is 13.6 Å². The molecule has 0 radical (unpaired) electrons. The van der Waals surface area contributed by atoms with Gasteiger partial charge < -0.3 is 4.90 Å². The van der Waals surface area contributed by atoms with E-state index in [2.05, 4.69) is 24.9 Å². The van der Waals surface area contributed by atoms with Gasteiger partial charge in [-0.2, -0.15) is 0 Å². The highest BCUT2D eigenvalue weighted by Gasteiger charge is 2.16. The molecule has 0 atom stereocenters. The molecule has 0 amide bonds. The lowest BCUT2D eigenvalue weighted by atomic mass is 10.00. The van der Waals surface area contributed by atoms with Crippen LogP contribution in [0, 0.1) is 6.92 Å². The third-order valence-electron chi connectivity index (χ3n) is 2.61. The molecule has 1 aromatic rings. The first kappa shape index (κ1) is 8.89. The van der Waals surface area contributed by atoms with Crippen molar-refractivity contribution in [1.29, 1.82) is 0 Å². The lowest BCUT2D eigenvalue weighted by Gasteiger charge is -2.28. The highest BCUT2D eigenvalue weighted by Crippen LogP contribution is 2.34. The number of rotatable bonds is 0. The zero-order valence-corrected chi connectivity index (χ0v) is 8.86. The van der Waals surface area contributed by atoms with E-state index in [0.29, 0.717) is 0 Å². The molecule has 2 rings (SSSR count). The van der Waals surface area contributed by atoms with Crippen LogP contribution >= 0.6 is 11.6 Å². The van der Waals surface area contributed by atoms with Crippen LogP contribution in [-0.2, 0) is 6.42 Å². The second-order valence-corrected chi connectivity index (χ2v) is 4.19. The van der Waals surface area contributed by atoms with E-state index in [0.717, 1.165) is 11.6 Å². The van der Waals surface area contributed by atoms with Gasteiger partial charge in [0.1, 0.15) is 0 Å². The molecule has 1 aliphatic rings. The second kappa shape index (κ2) is 3.22. The van der Waals surface area contributed by atoms with Crippen molar-refractivity contribution in [3.63, 3.8) is 0 Å². The van der Waals surface area contributed by atoms with E-state index in [9.17, 15) is 0 Å². The molecule has 13 heavy (non-hydrogen) atoms. The summed E-state index contributed by atoms with van der Waals surface area (Å²) in [6.45, 7) is 3.22. The Morgan fingerprint density at radius 3 is 2.92 bits per heavy atom. The van der Waals surface area contributed by atoms with Gasteiger partial charge in [0.05, 0.1) is 10.7 Å². The summed E-state index contributed by atoms with van der Waals surface area (Å²) in [5.74, 6) is 0. The molecule has 2 heteroatoms. The number of hydrogen-bond donors (Lipinski definition) is 0. The van der Waals surface area contributed by atoms with E-state index < -0.39 is 0 Å². The van der Waals surface area contributed by atoms with E-state index in [1.165, 1.54) is 29.7 Å². The number of hydrogen-bond acceptors (Lipinski definition) is 1. The number of nitrogens with zero attached hydrogens (tertiary/aromatic N) is 1. The van der Waals surface area contributed by atoms with Gasteiger partial charge in [0.2, 0.25) is 0 Å². The van der Waals surface area contributed by atoms with E-state index in [4.69, 9.17) is 11.6 Å². The molecule has 0 fully saturated rings. The van der Waals surface area contributed by atoms with Gasteiger partial charge in [0.25, 0.3) is 0 Å². The fourth-order valence-electron chi connectivity index (χ4n) is 2.04. The third kappa shape index (κ3) is 1.53. The van der Waals surface area contributed by atoms with Crippen LogP contribution in [0.25, 0.3) is 0 Å². The van der Waals surface area contributed by atoms with Crippen molar-refractivity contribution in [2.45, 2.75) is 19.8 Å². The van der Waals surface area contributed by atoms with Crippen LogP contribution in [0.5, 0.6) is 0 Å². The van der Waals surface area contributed by atoms with Crippen molar-refractivity contribution >= 4 is 17.3 Å². The van der Waals surface area contributed by atoms with Crippen molar-refractivity contribution in [2.24, 2.45) is 0 Å². The zero-order chi connectivity index (χ0) is 9.42. The molecule has 0 saturated heterocycles. The molecule has 1 nitrogen and oxygen atoms in total. The molecule has 0 N–H and O–H groups in total. The van der Waals surface area contributed by atoms with E-state index in [1.807, 2.05) is 6.07 Å². The van der Waals surface area contributed by atoms with Crippen molar-refractivity contribution < 1.29 is 0 Å². The summed E-state index contributed by atoms with van der Waals surface area (Å²) in [6.07, 6.45) is 2.41. The largest absolute Gasteiger partial charge is 0.373 e. The van der Waals surface area contributed by atoms with Crippen LogP contribution in [0.3, 0.4) is 0 Å². The lowest BCUT2D eigenvalue weighted by molar-refractivity contribution is 0.744. The van der Waals surface area contributed by atoms with Gasteiger partial charge in [-0.05, 0) is 37.0 Å². The normalized spacial score (nSPS) is 15.8. The van der Waals surface area contributed by atoms with Gasteiger partial charge in [-0.15, -0.1) is 0 Å². The highest BCUT2D eigenvalue weighted by atomic mass is 35.5. The summed E-state index contributed by atoms with van der Waals surface area (Å²) in [4.78, 5) is 2.25. The first-order valence-electron chi connectivity index (χ1n) is 4.68. The minimum Gasteiger partial charge on any atom is -0.373 e. The van der Waals surface area contributed by atoms with Crippen LogP contribution < -0.4 is 4.90 Å².